The molecule has 170 valence electrons. The molecule has 0 spiro atoms. The maximum atomic E-state index is 12.8. The van der Waals surface area contributed by atoms with Crippen LogP contribution >= 0.6 is 11.3 Å². The Balaban J connectivity index is 1.71. The van der Waals surface area contributed by atoms with E-state index in [4.69, 9.17) is 4.74 Å². The Bertz CT molecular complexity index is 1490. The van der Waals surface area contributed by atoms with Gasteiger partial charge in [-0.1, -0.05) is 53.8 Å². The standard InChI is InChI=1S/C24H17N3O6S/c1-33-21(28)14-26-19-13-18(27(31)32)11-12-20(19)34-24(26)25-23(30)17-9-7-16(8-10-17)22(29)15-5-3-2-4-6-15/h2-13H,14H2,1H3. The van der Waals surface area contributed by atoms with Crippen LogP contribution in [0.15, 0.2) is 77.8 Å². The summed E-state index contributed by atoms with van der Waals surface area (Å²) in [6.45, 7) is -0.270. The molecule has 34 heavy (non-hydrogen) atoms. The molecule has 0 fully saturated rings. The van der Waals surface area contributed by atoms with Crippen molar-refractivity contribution in [3.63, 3.8) is 0 Å². The summed E-state index contributed by atoms with van der Waals surface area (Å²) in [6, 6.07) is 19.1. The first-order valence-electron chi connectivity index (χ1n) is 10.0. The van der Waals surface area contributed by atoms with E-state index in [1.165, 1.54) is 35.9 Å². The lowest BCUT2D eigenvalue weighted by atomic mass is 10.0. The number of aromatic nitrogens is 1. The van der Waals surface area contributed by atoms with Gasteiger partial charge in [-0.3, -0.25) is 24.5 Å². The fraction of sp³-hybridized carbons (Fsp3) is 0.0833. The van der Waals surface area contributed by atoms with Gasteiger partial charge in [-0.2, -0.15) is 4.99 Å². The molecule has 0 aliphatic rings. The van der Waals surface area contributed by atoms with Crippen LogP contribution in [0.25, 0.3) is 10.2 Å². The number of nitro groups is 1. The Morgan fingerprint density at radius 1 is 0.971 bits per heavy atom. The van der Waals surface area contributed by atoms with Gasteiger partial charge in [0.2, 0.25) is 0 Å². The van der Waals surface area contributed by atoms with E-state index in [-0.39, 0.29) is 28.4 Å². The smallest absolute Gasteiger partial charge is 0.325 e. The average Bonchev–Trinajstić information content (AvgIpc) is 3.19. The Labute approximate surface area is 196 Å². The van der Waals surface area contributed by atoms with Crippen molar-refractivity contribution >= 4 is 44.9 Å². The maximum Gasteiger partial charge on any atom is 0.325 e. The van der Waals surface area contributed by atoms with Gasteiger partial charge in [-0.05, 0) is 18.2 Å². The van der Waals surface area contributed by atoms with Gasteiger partial charge in [0, 0.05) is 28.8 Å². The normalized spacial score (nSPS) is 11.4. The van der Waals surface area contributed by atoms with Crippen LogP contribution in [-0.4, -0.2) is 34.3 Å². The predicted octanol–water partition coefficient (Wildman–Crippen LogP) is 3.76. The van der Waals surface area contributed by atoms with Gasteiger partial charge in [-0.15, -0.1) is 0 Å². The molecule has 0 saturated carbocycles. The fourth-order valence-corrected chi connectivity index (χ4v) is 4.28. The van der Waals surface area contributed by atoms with Crippen molar-refractivity contribution in [2.45, 2.75) is 6.54 Å². The Morgan fingerprint density at radius 2 is 1.62 bits per heavy atom. The number of amides is 1. The summed E-state index contributed by atoms with van der Waals surface area (Å²) < 4.78 is 6.74. The van der Waals surface area contributed by atoms with Crippen LogP contribution in [0.1, 0.15) is 26.3 Å². The van der Waals surface area contributed by atoms with Gasteiger partial charge < -0.3 is 9.30 Å². The van der Waals surface area contributed by atoms with Crippen LogP contribution in [0.2, 0.25) is 0 Å². The van der Waals surface area contributed by atoms with Gasteiger partial charge in [0.15, 0.2) is 10.6 Å². The minimum absolute atomic E-state index is 0.152. The lowest BCUT2D eigenvalue weighted by Crippen LogP contribution is -2.22. The summed E-state index contributed by atoms with van der Waals surface area (Å²) in [4.78, 5) is 52.3. The number of nitro benzene ring substituents is 1. The largest absolute Gasteiger partial charge is 0.468 e. The summed E-state index contributed by atoms with van der Waals surface area (Å²) in [5, 5.41) is 11.2. The van der Waals surface area contributed by atoms with Crippen molar-refractivity contribution in [1.29, 1.82) is 0 Å². The summed E-state index contributed by atoms with van der Waals surface area (Å²) in [7, 11) is 1.22. The Kier molecular flexibility index (Phi) is 6.42. The Morgan fingerprint density at radius 3 is 2.26 bits per heavy atom. The number of thiazole rings is 1. The van der Waals surface area contributed by atoms with Gasteiger partial charge in [0.1, 0.15) is 6.54 Å². The number of esters is 1. The lowest BCUT2D eigenvalue weighted by molar-refractivity contribution is -0.384. The summed E-state index contributed by atoms with van der Waals surface area (Å²) in [6.07, 6.45) is 0. The highest BCUT2D eigenvalue weighted by Crippen LogP contribution is 2.23. The van der Waals surface area contributed by atoms with E-state index in [9.17, 15) is 24.5 Å². The zero-order chi connectivity index (χ0) is 24.2. The van der Waals surface area contributed by atoms with Crippen molar-refractivity contribution in [1.82, 2.24) is 4.57 Å². The molecule has 1 amide bonds. The molecule has 0 radical (unpaired) electrons. The second-order valence-electron chi connectivity index (χ2n) is 7.15. The Hall–Kier alpha value is -4.44. The number of carbonyl (C=O) groups is 3. The number of fused-ring (bicyclic) bond motifs is 1. The van der Waals surface area contributed by atoms with E-state index in [2.05, 4.69) is 4.99 Å². The van der Waals surface area contributed by atoms with Crippen LogP contribution in [0.3, 0.4) is 0 Å². The second kappa shape index (κ2) is 9.59. The van der Waals surface area contributed by atoms with Crippen LogP contribution in [-0.2, 0) is 16.1 Å². The summed E-state index contributed by atoms with van der Waals surface area (Å²) in [5.41, 5.74) is 1.45. The van der Waals surface area contributed by atoms with Crippen molar-refractivity contribution in [2.75, 3.05) is 7.11 Å². The SMILES string of the molecule is COC(=O)Cn1c(=NC(=O)c2ccc(C(=O)c3ccccc3)cc2)sc2ccc([N+](=O)[O-])cc21. The molecule has 0 aliphatic heterocycles. The lowest BCUT2D eigenvalue weighted by Gasteiger charge is -2.04. The number of hydrogen-bond donors (Lipinski definition) is 0. The van der Waals surface area contributed by atoms with Crippen molar-refractivity contribution in [3.05, 3.63) is 104 Å². The number of rotatable bonds is 6. The molecule has 0 unspecified atom stereocenters. The molecule has 0 atom stereocenters. The maximum absolute atomic E-state index is 12.8. The van der Waals surface area contributed by atoms with Crippen molar-refractivity contribution in [3.8, 4) is 0 Å². The first kappa shape index (κ1) is 22.7. The van der Waals surface area contributed by atoms with Crippen LogP contribution in [0.5, 0.6) is 0 Å². The topological polar surface area (TPSA) is 121 Å². The number of carbonyl (C=O) groups excluding carboxylic acids is 3. The molecule has 0 saturated heterocycles. The molecular formula is C24H17N3O6S. The number of non-ortho nitro benzene ring substituents is 1. The number of methoxy groups -OCH3 is 1. The van der Waals surface area contributed by atoms with E-state index in [1.54, 1.807) is 42.5 Å². The van der Waals surface area contributed by atoms with Crippen LogP contribution in [0, 0.1) is 10.1 Å². The van der Waals surface area contributed by atoms with Gasteiger partial charge in [0.25, 0.3) is 11.6 Å². The number of hydrogen-bond acceptors (Lipinski definition) is 7. The first-order valence-corrected chi connectivity index (χ1v) is 10.8. The summed E-state index contributed by atoms with van der Waals surface area (Å²) >= 11 is 1.12. The van der Waals surface area contributed by atoms with Crippen molar-refractivity contribution in [2.24, 2.45) is 4.99 Å². The first-order chi connectivity index (χ1) is 16.4. The van der Waals surface area contributed by atoms with E-state index in [0.717, 1.165) is 11.3 Å². The predicted molar refractivity (Wildman–Crippen MR) is 125 cm³/mol. The quantitative estimate of drug-likeness (QED) is 0.181. The molecule has 1 aromatic heterocycles. The number of benzene rings is 3. The highest BCUT2D eigenvalue weighted by atomic mass is 32.1. The van der Waals surface area contributed by atoms with Gasteiger partial charge >= 0.3 is 5.97 Å². The third kappa shape index (κ3) is 4.66. The molecule has 4 aromatic rings. The van der Waals surface area contributed by atoms with Gasteiger partial charge in [0.05, 0.1) is 22.2 Å². The van der Waals surface area contributed by atoms with Gasteiger partial charge in [-0.25, -0.2) is 0 Å². The fourth-order valence-electron chi connectivity index (χ4n) is 3.27. The van der Waals surface area contributed by atoms with Crippen LogP contribution < -0.4 is 4.80 Å². The molecule has 10 heteroatoms. The monoisotopic (exact) mass is 475 g/mol. The molecule has 0 aliphatic carbocycles. The van der Waals surface area contributed by atoms with E-state index >= 15 is 0 Å². The number of ketones is 1. The minimum Gasteiger partial charge on any atom is -0.468 e. The molecule has 1 heterocycles. The highest BCUT2D eigenvalue weighted by Gasteiger charge is 2.16. The molecular weight excluding hydrogens is 458 g/mol. The third-order valence-corrected chi connectivity index (χ3v) is 6.08. The molecule has 3 aromatic carbocycles. The highest BCUT2D eigenvalue weighted by molar-refractivity contribution is 7.16. The zero-order valence-electron chi connectivity index (χ0n) is 17.8. The number of ether oxygens (including phenoxy) is 1. The van der Waals surface area contributed by atoms with E-state index in [0.29, 0.717) is 21.3 Å². The molecule has 0 N–H and O–H groups in total. The molecule has 9 nitrogen and oxygen atoms in total. The summed E-state index contributed by atoms with van der Waals surface area (Å²) in [5.74, 6) is -1.35. The van der Waals surface area contributed by atoms with E-state index < -0.39 is 16.8 Å². The third-order valence-electron chi connectivity index (χ3n) is 5.02. The molecule has 0 bridgehead atoms. The van der Waals surface area contributed by atoms with E-state index in [1.807, 2.05) is 6.07 Å². The van der Waals surface area contributed by atoms with Crippen LogP contribution in [0.4, 0.5) is 5.69 Å². The average molecular weight is 475 g/mol. The van der Waals surface area contributed by atoms with Crippen molar-refractivity contribution < 1.29 is 24.0 Å². The second-order valence-corrected chi connectivity index (χ2v) is 8.15. The number of nitrogens with zero attached hydrogens (tertiary/aromatic N) is 3. The molecule has 4 rings (SSSR count). The minimum atomic E-state index is -0.594. The zero-order valence-corrected chi connectivity index (χ0v) is 18.7.